The molecule has 0 spiro atoms. The number of hydrogen-bond donors (Lipinski definition) is 4. The minimum atomic E-state index is -3.14. The van der Waals surface area contributed by atoms with E-state index in [1.54, 1.807) is 0 Å². The zero-order valence-corrected chi connectivity index (χ0v) is 19.6. The number of halogens is 2. The molecule has 0 aliphatic carbocycles. The van der Waals surface area contributed by atoms with Gasteiger partial charge in [-0.1, -0.05) is 0 Å². The summed E-state index contributed by atoms with van der Waals surface area (Å²) >= 11 is 0. The monoisotopic (exact) mass is 469 g/mol. The first-order chi connectivity index (χ1) is 15.6. The van der Waals surface area contributed by atoms with Crippen LogP contribution in [0.25, 0.3) is 0 Å². The molecule has 2 rings (SSSR count). The highest BCUT2D eigenvalue weighted by Crippen LogP contribution is 2.22. The fourth-order valence-corrected chi connectivity index (χ4v) is 3.29. The first-order valence-corrected chi connectivity index (χ1v) is 11.2. The molecule has 0 saturated carbocycles. The van der Waals surface area contributed by atoms with Crippen LogP contribution in [-0.4, -0.2) is 67.4 Å². The molecular weight excluding hydrogens is 432 g/mol. The summed E-state index contributed by atoms with van der Waals surface area (Å²) in [6.07, 6.45) is 5.04. The summed E-state index contributed by atoms with van der Waals surface area (Å²) in [6.45, 7) is 8.71. The number of ether oxygens (including phenoxy) is 1. The second-order valence-corrected chi connectivity index (χ2v) is 8.16. The van der Waals surface area contributed by atoms with Crippen LogP contribution in [-0.2, 0) is 0 Å². The molecule has 1 aliphatic rings. The molecular formula is C23H37F2N5O3. The lowest BCUT2D eigenvalue weighted by Gasteiger charge is -2.27. The van der Waals surface area contributed by atoms with Crippen LogP contribution in [0.4, 0.5) is 8.78 Å². The molecule has 1 heterocycles. The average molecular weight is 470 g/mol. The predicted octanol–water partition coefficient (Wildman–Crippen LogP) is 3.65. The molecule has 0 radical (unpaired) electrons. The number of nitrogens with zero attached hydrogens (tertiary/aromatic N) is 2. The number of carbonyl (C=O) groups excluding carboxylic acids is 1. The lowest BCUT2D eigenvalue weighted by molar-refractivity contribution is -0.112. The first-order valence-electron chi connectivity index (χ1n) is 11.2. The largest absolute Gasteiger partial charge is 0.494 e. The van der Waals surface area contributed by atoms with Crippen molar-refractivity contribution in [1.82, 2.24) is 10.4 Å². The standard InChI is InChI=1S/C19H31N3O3.C4H6F2N2/c1-15-14-17(5-6-18(15)19(23)21-10-3-9-20)25-13-2-4-16-7-11-22(24)12-8-16;1-4(5,6)3(7)8-2/h5-6,14,16,24H,2-4,7-13,20H2,1H3,(H,21,23);7H,2H2,1H3. The molecule has 1 aromatic rings. The normalized spacial score (nSPS) is 14.7. The highest BCUT2D eigenvalue weighted by molar-refractivity contribution is 5.95. The van der Waals surface area contributed by atoms with Gasteiger partial charge in [0.25, 0.3) is 5.91 Å². The van der Waals surface area contributed by atoms with Gasteiger partial charge in [-0.05, 0) is 82.0 Å². The van der Waals surface area contributed by atoms with Gasteiger partial charge in [-0.15, -0.1) is 0 Å². The molecule has 1 aliphatic heterocycles. The number of nitrogens with two attached hydrogens (primary N) is 1. The summed E-state index contributed by atoms with van der Waals surface area (Å²) in [4.78, 5) is 14.8. The van der Waals surface area contributed by atoms with Crippen LogP contribution in [0, 0.1) is 18.3 Å². The average Bonchev–Trinajstić information content (AvgIpc) is 2.77. The number of nitrogens with one attached hydrogen (secondary N) is 2. The van der Waals surface area contributed by atoms with Gasteiger partial charge < -0.3 is 21.0 Å². The van der Waals surface area contributed by atoms with Gasteiger partial charge >= 0.3 is 5.92 Å². The third kappa shape index (κ3) is 11.3. The summed E-state index contributed by atoms with van der Waals surface area (Å²) in [5.41, 5.74) is 7.03. The number of aliphatic imine (C=N–C) groups is 1. The number of piperidine rings is 1. The molecule has 1 fully saturated rings. The molecule has 10 heteroatoms. The van der Waals surface area contributed by atoms with E-state index in [0.717, 1.165) is 56.5 Å². The van der Waals surface area contributed by atoms with E-state index in [9.17, 15) is 18.8 Å². The van der Waals surface area contributed by atoms with Crippen molar-refractivity contribution >= 4 is 18.5 Å². The van der Waals surface area contributed by atoms with Gasteiger partial charge in [0.05, 0.1) is 6.61 Å². The zero-order valence-electron chi connectivity index (χ0n) is 19.6. The van der Waals surface area contributed by atoms with Gasteiger partial charge in [-0.3, -0.25) is 10.2 Å². The van der Waals surface area contributed by atoms with Crippen molar-refractivity contribution in [2.45, 2.75) is 51.9 Å². The highest BCUT2D eigenvalue weighted by atomic mass is 19.3. The second kappa shape index (κ2) is 14.7. The first kappa shape index (κ1) is 28.6. The fourth-order valence-electron chi connectivity index (χ4n) is 3.29. The molecule has 0 bridgehead atoms. The Morgan fingerprint density at radius 1 is 1.39 bits per heavy atom. The van der Waals surface area contributed by atoms with E-state index in [1.165, 1.54) is 5.06 Å². The minimum Gasteiger partial charge on any atom is -0.494 e. The number of hydrogen-bond acceptors (Lipinski definition) is 6. The van der Waals surface area contributed by atoms with Gasteiger partial charge in [-0.25, -0.2) is 4.99 Å². The Balaban J connectivity index is 0.000000582. The lowest BCUT2D eigenvalue weighted by atomic mass is 9.93. The van der Waals surface area contributed by atoms with Crippen LogP contribution in [0.15, 0.2) is 23.2 Å². The van der Waals surface area contributed by atoms with E-state index in [1.807, 2.05) is 25.1 Å². The molecule has 0 atom stereocenters. The summed E-state index contributed by atoms with van der Waals surface area (Å²) < 4.78 is 29.3. The van der Waals surface area contributed by atoms with Gasteiger partial charge in [-0.2, -0.15) is 13.8 Å². The minimum absolute atomic E-state index is 0.0623. The number of aryl methyl sites for hydroxylation is 1. The van der Waals surface area contributed by atoms with Crippen LogP contribution >= 0.6 is 0 Å². The Morgan fingerprint density at radius 3 is 2.58 bits per heavy atom. The van der Waals surface area contributed by atoms with Crippen molar-refractivity contribution in [2.24, 2.45) is 16.6 Å². The molecule has 33 heavy (non-hydrogen) atoms. The van der Waals surface area contributed by atoms with E-state index in [-0.39, 0.29) is 5.91 Å². The topological polar surface area (TPSA) is 124 Å². The molecule has 186 valence electrons. The molecule has 0 unspecified atom stereocenters. The van der Waals surface area contributed by atoms with Crippen molar-refractivity contribution in [1.29, 1.82) is 5.41 Å². The quantitative estimate of drug-likeness (QED) is 0.237. The van der Waals surface area contributed by atoms with Crippen LogP contribution < -0.4 is 15.8 Å². The van der Waals surface area contributed by atoms with Crippen molar-refractivity contribution < 1.29 is 23.5 Å². The van der Waals surface area contributed by atoms with E-state index in [4.69, 9.17) is 15.9 Å². The number of carbonyl (C=O) groups is 1. The zero-order chi connectivity index (χ0) is 24.9. The molecule has 1 amide bonds. The second-order valence-electron chi connectivity index (χ2n) is 8.16. The van der Waals surface area contributed by atoms with E-state index < -0.39 is 11.8 Å². The Morgan fingerprint density at radius 2 is 2.06 bits per heavy atom. The third-order valence-corrected chi connectivity index (χ3v) is 5.30. The maximum atomic E-state index is 12.1. The number of benzene rings is 1. The summed E-state index contributed by atoms with van der Waals surface area (Å²) in [6, 6.07) is 5.59. The maximum Gasteiger partial charge on any atom is 0.303 e. The number of hydroxylamine groups is 2. The van der Waals surface area contributed by atoms with Crippen molar-refractivity contribution in [3.63, 3.8) is 0 Å². The van der Waals surface area contributed by atoms with Gasteiger partial charge in [0.2, 0.25) is 0 Å². The summed E-state index contributed by atoms with van der Waals surface area (Å²) in [5, 5.41) is 20.1. The number of alkyl halides is 2. The van der Waals surface area contributed by atoms with Gasteiger partial charge in [0.1, 0.15) is 5.75 Å². The van der Waals surface area contributed by atoms with Crippen LogP contribution in [0.5, 0.6) is 5.75 Å². The molecule has 1 saturated heterocycles. The van der Waals surface area contributed by atoms with Gasteiger partial charge in [0.15, 0.2) is 5.84 Å². The smallest absolute Gasteiger partial charge is 0.303 e. The Hall–Kier alpha value is -2.43. The molecule has 8 nitrogen and oxygen atoms in total. The number of amidine groups is 1. The van der Waals surface area contributed by atoms with E-state index in [2.05, 4.69) is 17.0 Å². The van der Waals surface area contributed by atoms with Gasteiger partial charge in [0, 0.05) is 32.1 Å². The van der Waals surface area contributed by atoms with Crippen LogP contribution in [0.3, 0.4) is 0 Å². The van der Waals surface area contributed by atoms with E-state index >= 15 is 0 Å². The van der Waals surface area contributed by atoms with E-state index in [0.29, 0.717) is 38.1 Å². The van der Waals surface area contributed by atoms with Crippen LogP contribution in [0.1, 0.15) is 54.9 Å². The third-order valence-electron chi connectivity index (χ3n) is 5.30. The Kier molecular flexibility index (Phi) is 12.7. The Labute approximate surface area is 194 Å². The summed E-state index contributed by atoms with van der Waals surface area (Å²) in [5.74, 6) is -2.69. The lowest BCUT2D eigenvalue weighted by Crippen LogP contribution is -2.30. The van der Waals surface area contributed by atoms with Crippen molar-refractivity contribution in [3.8, 4) is 5.75 Å². The molecule has 5 N–H and O–H groups in total. The number of rotatable bonds is 10. The SMILES string of the molecule is C=NC(=N)C(C)(F)F.Cc1cc(OCCCC2CCN(O)CC2)ccc1C(=O)NCCCN. The Bertz CT molecular complexity index is 763. The highest BCUT2D eigenvalue weighted by Gasteiger charge is 2.26. The summed E-state index contributed by atoms with van der Waals surface area (Å²) in [7, 11) is 0. The van der Waals surface area contributed by atoms with Crippen molar-refractivity contribution in [2.75, 3.05) is 32.8 Å². The molecule has 1 aromatic carbocycles. The fraction of sp³-hybridized carbons (Fsp3) is 0.609. The molecule has 0 aromatic heterocycles. The van der Waals surface area contributed by atoms with Crippen molar-refractivity contribution in [3.05, 3.63) is 29.3 Å². The van der Waals surface area contributed by atoms with Crippen LogP contribution in [0.2, 0.25) is 0 Å². The number of amides is 1. The predicted molar refractivity (Wildman–Crippen MR) is 126 cm³/mol. The maximum absolute atomic E-state index is 12.1.